The van der Waals surface area contributed by atoms with Gasteiger partial charge in [-0.3, -0.25) is 4.79 Å². The molecule has 2 heterocycles. The van der Waals surface area contributed by atoms with Crippen LogP contribution >= 0.6 is 0 Å². The van der Waals surface area contributed by atoms with Crippen molar-refractivity contribution in [3.63, 3.8) is 0 Å². The average molecular weight is 648 g/mol. The monoisotopic (exact) mass is 647 g/mol. The molecule has 2 N–H and O–H groups in total. The standard InChI is InChI=1S/C37H37N5O4S/c1-5-11-34-39-35-24(2)20-30(36(43)38-22-27-12-7-6-8-13-27)21-32(35)42(34)23-28-16-18-29(19-17-28)31-14-9-10-15-33(31)47(44,45)41-37-25(3)26(4)40-46-37/h6-10,12-21,41H,5,11,22-23H2,1-4H3,(H,38,43). The van der Waals surface area contributed by atoms with Crippen LogP contribution in [0.1, 0.15) is 57.5 Å². The van der Waals surface area contributed by atoms with E-state index in [0.29, 0.717) is 35.5 Å². The summed E-state index contributed by atoms with van der Waals surface area (Å²) in [5.74, 6) is 0.928. The van der Waals surface area contributed by atoms with Crippen molar-refractivity contribution < 1.29 is 17.7 Å². The van der Waals surface area contributed by atoms with E-state index in [4.69, 9.17) is 9.51 Å². The van der Waals surface area contributed by atoms with Crippen LogP contribution in [0.4, 0.5) is 5.88 Å². The van der Waals surface area contributed by atoms with Crippen LogP contribution in [-0.4, -0.2) is 29.0 Å². The van der Waals surface area contributed by atoms with Gasteiger partial charge in [-0.25, -0.2) is 18.1 Å². The number of rotatable bonds is 11. The Morgan fingerprint density at radius 3 is 2.32 bits per heavy atom. The Morgan fingerprint density at radius 2 is 1.62 bits per heavy atom. The summed E-state index contributed by atoms with van der Waals surface area (Å²) in [6.45, 7) is 8.62. The van der Waals surface area contributed by atoms with E-state index in [1.54, 1.807) is 32.0 Å². The number of carbonyl (C=O) groups excluding carboxylic acids is 1. The number of nitrogens with zero attached hydrogens (tertiary/aromatic N) is 3. The van der Waals surface area contributed by atoms with Gasteiger partial charge < -0.3 is 14.4 Å². The van der Waals surface area contributed by atoms with E-state index >= 15 is 0 Å². The molecule has 0 aliphatic carbocycles. The molecule has 6 aromatic rings. The Bertz CT molecular complexity index is 2170. The van der Waals surface area contributed by atoms with Crippen molar-refractivity contribution in [2.75, 3.05) is 4.72 Å². The lowest BCUT2D eigenvalue weighted by Crippen LogP contribution is -2.23. The van der Waals surface area contributed by atoms with Crippen LogP contribution in [0.3, 0.4) is 0 Å². The Balaban J connectivity index is 1.28. The molecular formula is C37H37N5O4S. The lowest BCUT2D eigenvalue weighted by Gasteiger charge is -2.13. The molecule has 0 radical (unpaired) electrons. The third-order valence-corrected chi connectivity index (χ3v) is 9.71. The fraction of sp³-hybridized carbons (Fsp3) is 0.216. The summed E-state index contributed by atoms with van der Waals surface area (Å²) >= 11 is 0. The minimum Gasteiger partial charge on any atom is -0.348 e. The molecule has 6 rings (SSSR count). The van der Waals surface area contributed by atoms with Gasteiger partial charge in [-0.15, -0.1) is 0 Å². The molecule has 47 heavy (non-hydrogen) atoms. The molecule has 240 valence electrons. The number of hydrogen-bond acceptors (Lipinski definition) is 6. The molecule has 0 spiro atoms. The van der Waals surface area contributed by atoms with Crippen molar-refractivity contribution >= 4 is 32.8 Å². The van der Waals surface area contributed by atoms with Gasteiger partial charge in [0.05, 0.1) is 21.6 Å². The van der Waals surface area contributed by atoms with E-state index in [9.17, 15) is 13.2 Å². The van der Waals surface area contributed by atoms with Gasteiger partial charge in [0.15, 0.2) is 0 Å². The Hall–Kier alpha value is -5.22. The summed E-state index contributed by atoms with van der Waals surface area (Å²) in [7, 11) is -3.95. The van der Waals surface area contributed by atoms with Crippen molar-refractivity contribution in [1.29, 1.82) is 0 Å². The highest BCUT2D eigenvalue weighted by molar-refractivity contribution is 7.92. The molecule has 0 atom stereocenters. The normalized spacial score (nSPS) is 11.6. The maximum atomic E-state index is 13.4. The summed E-state index contributed by atoms with van der Waals surface area (Å²) in [5, 5.41) is 6.90. The lowest BCUT2D eigenvalue weighted by molar-refractivity contribution is 0.0951. The number of fused-ring (bicyclic) bond motifs is 1. The van der Waals surface area contributed by atoms with Crippen molar-refractivity contribution in [3.05, 3.63) is 130 Å². The predicted octanol–water partition coefficient (Wildman–Crippen LogP) is 7.35. The number of imidazole rings is 1. The molecule has 1 amide bonds. The molecular weight excluding hydrogens is 611 g/mol. The molecule has 0 aliphatic heterocycles. The SMILES string of the molecule is CCCc1nc2c(C)cc(C(=O)NCc3ccccc3)cc2n1Cc1ccc(-c2ccccc2S(=O)(=O)Nc2onc(C)c2C)cc1. The number of carbonyl (C=O) groups is 1. The fourth-order valence-corrected chi connectivity index (χ4v) is 6.92. The van der Waals surface area contributed by atoms with E-state index in [-0.39, 0.29) is 16.7 Å². The molecule has 0 fully saturated rings. The third kappa shape index (κ3) is 6.69. The zero-order valence-electron chi connectivity index (χ0n) is 26.9. The number of hydrogen-bond donors (Lipinski definition) is 2. The first-order valence-corrected chi connectivity index (χ1v) is 17.1. The molecule has 0 saturated carbocycles. The van der Waals surface area contributed by atoms with Gasteiger partial charge in [-0.2, -0.15) is 0 Å². The van der Waals surface area contributed by atoms with E-state index in [0.717, 1.165) is 52.0 Å². The van der Waals surface area contributed by atoms with E-state index in [1.165, 1.54) is 0 Å². The molecule has 9 nitrogen and oxygen atoms in total. The van der Waals surface area contributed by atoms with Crippen LogP contribution < -0.4 is 10.0 Å². The average Bonchev–Trinajstić information content (AvgIpc) is 3.58. The highest BCUT2D eigenvalue weighted by Gasteiger charge is 2.23. The van der Waals surface area contributed by atoms with E-state index < -0.39 is 10.0 Å². The highest BCUT2D eigenvalue weighted by atomic mass is 32.2. The van der Waals surface area contributed by atoms with Crippen molar-refractivity contribution in [1.82, 2.24) is 20.0 Å². The summed E-state index contributed by atoms with van der Waals surface area (Å²) in [6, 6.07) is 28.4. The minimum absolute atomic E-state index is 0.107. The third-order valence-electron chi connectivity index (χ3n) is 8.32. The molecule has 2 aromatic heterocycles. The zero-order chi connectivity index (χ0) is 33.1. The van der Waals surface area contributed by atoms with E-state index in [2.05, 4.69) is 26.7 Å². The number of aryl methyl sites for hydroxylation is 3. The lowest BCUT2D eigenvalue weighted by atomic mass is 10.0. The minimum atomic E-state index is -3.95. The van der Waals surface area contributed by atoms with Crippen LogP contribution in [0.5, 0.6) is 0 Å². The van der Waals surface area contributed by atoms with Crippen LogP contribution in [0, 0.1) is 20.8 Å². The number of amides is 1. The molecule has 4 aromatic carbocycles. The number of sulfonamides is 1. The fourth-order valence-electron chi connectivity index (χ4n) is 5.64. The Morgan fingerprint density at radius 1 is 0.894 bits per heavy atom. The molecule has 0 unspecified atom stereocenters. The van der Waals surface area contributed by atoms with Gasteiger partial charge >= 0.3 is 0 Å². The summed E-state index contributed by atoms with van der Waals surface area (Å²) in [6.07, 6.45) is 1.72. The second-order valence-corrected chi connectivity index (χ2v) is 13.4. The molecule has 0 aliphatic rings. The summed E-state index contributed by atoms with van der Waals surface area (Å²) < 4.78 is 36.8. The zero-order valence-corrected chi connectivity index (χ0v) is 27.7. The molecule has 0 saturated heterocycles. The number of anilines is 1. The quantitative estimate of drug-likeness (QED) is 0.152. The first kappa shape index (κ1) is 31.7. The summed E-state index contributed by atoms with van der Waals surface area (Å²) in [5.41, 5.74) is 7.98. The second-order valence-electron chi connectivity index (χ2n) is 11.7. The Kier molecular flexibility index (Phi) is 8.95. The number of benzene rings is 4. The highest BCUT2D eigenvalue weighted by Crippen LogP contribution is 2.31. The topological polar surface area (TPSA) is 119 Å². The molecule has 10 heteroatoms. The van der Waals surface area contributed by atoms with Crippen LogP contribution in [-0.2, 0) is 29.5 Å². The molecule has 0 bridgehead atoms. The van der Waals surface area contributed by atoms with Crippen molar-refractivity contribution in [2.45, 2.75) is 58.5 Å². The van der Waals surface area contributed by atoms with Gasteiger partial charge in [-0.1, -0.05) is 84.9 Å². The van der Waals surface area contributed by atoms with Gasteiger partial charge in [0.1, 0.15) is 5.82 Å². The Labute approximate surface area is 274 Å². The van der Waals surface area contributed by atoms with Gasteiger partial charge in [0, 0.05) is 36.2 Å². The number of aromatic nitrogens is 3. The van der Waals surface area contributed by atoms with Gasteiger partial charge in [-0.05, 0) is 67.6 Å². The van der Waals surface area contributed by atoms with E-state index in [1.807, 2.05) is 79.7 Å². The largest absolute Gasteiger partial charge is 0.348 e. The second kappa shape index (κ2) is 13.3. The van der Waals surface area contributed by atoms with Crippen molar-refractivity contribution in [2.24, 2.45) is 0 Å². The van der Waals surface area contributed by atoms with Crippen LogP contribution in [0.25, 0.3) is 22.2 Å². The van der Waals surface area contributed by atoms with Crippen LogP contribution in [0.2, 0.25) is 0 Å². The maximum Gasteiger partial charge on any atom is 0.264 e. The summed E-state index contributed by atoms with van der Waals surface area (Å²) in [4.78, 5) is 18.3. The smallest absolute Gasteiger partial charge is 0.264 e. The van der Waals surface area contributed by atoms with Gasteiger partial charge in [0.2, 0.25) is 5.88 Å². The first-order chi connectivity index (χ1) is 22.6. The van der Waals surface area contributed by atoms with Crippen molar-refractivity contribution in [3.8, 4) is 11.1 Å². The first-order valence-electron chi connectivity index (χ1n) is 15.6. The number of nitrogens with one attached hydrogen (secondary N) is 2. The maximum absolute atomic E-state index is 13.4. The van der Waals surface area contributed by atoms with Gasteiger partial charge in [0.25, 0.3) is 15.9 Å². The van der Waals surface area contributed by atoms with Crippen LogP contribution in [0.15, 0.2) is 100 Å². The predicted molar refractivity (Wildman–Crippen MR) is 184 cm³/mol.